The number of carbonyl (C=O) groups is 2. The molecule has 2 aromatic carbocycles. The Morgan fingerprint density at radius 3 is 1.56 bits per heavy atom. The molecule has 2 N–H and O–H groups in total. The summed E-state index contributed by atoms with van der Waals surface area (Å²) in [6.07, 6.45) is 0. The molecule has 0 saturated carbocycles. The third-order valence-corrected chi connectivity index (χ3v) is 4.21. The highest BCUT2D eigenvalue weighted by atomic mass is 16.2. The lowest BCUT2D eigenvalue weighted by molar-refractivity contribution is -0.141. The van der Waals surface area contributed by atoms with E-state index in [-0.39, 0.29) is 11.8 Å². The topological polar surface area (TPSA) is 58.2 Å². The summed E-state index contributed by atoms with van der Waals surface area (Å²) in [7, 11) is 0. The molecule has 0 atom stereocenters. The fourth-order valence-electron chi connectivity index (χ4n) is 2.55. The van der Waals surface area contributed by atoms with Crippen LogP contribution >= 0.6 is 0 Å². The van der Waals surface area contributed by atoms with Crippen LogP contribution in [0.4, 0.5) is 0 Å². The predicted octanol–water partition coefficient (Wildman–Crippen LogP) is 3.26. The third kappa shape index (κ3) is 5.18. The van der Waals surface area contributed by atoms with Crippen molar-refractivity contribution in [2.24, 2.45) is 5.41 Å². The highest BCUT2D eigenvalue weighted by Crippen LogP contribution is 2.16. The fraction of sp³-hybridized carbons (Fsp3) is 0.333. The van der Waals surface area contributed by atoms with E-state index in [0.29, 0.717) is 13.1 Å². The van der Waals surface area contributed by atoms with E-state index in [0.717, 1.165) is 22.3 Å². The average molecular weight is 338 g/mol. The Hall–Kier alpha value is -2.62. The molecule has 2 aromatic rings. The number of aryl methyl sites for hydroxylation is 2. The summed E-state index contributed by atoms with van der Waals surface area (Å²) < 4.78 is 0. The molecule has 0 bridgehead atoms. The van der Waals surface area contributed by atoms with Crippen molar-refractivity contribution in [2.45, 2.75) is 40.8 Å². The van der Waals surface area contributed by atoms with Crippen LogP contribution < -0.4 is 10.6 Å². The van der Waals surface area contributed by atoms with Gasteiger partial charge in [-0.2, -0.15) is 0 Å². The molecule has 2 rings (SSSR count). The van der Waals surface area contributed by atoms with E-state index in [2.05, 4.69) is 10.6 Å². The average Bonchev–Trinajstić information content (AvgIpc) is 2.57. The van der Waals surface area contributed by atoms with Gasteiger partial charge in [0.05, 0.1) is 0 Å². The van der Waals surface area contributed by atoms with Gasteiger partial charge in [-0.1, -0.05) is 59.7 Å². The standard InChI is InChI=1S/C21H26N2O2/c1-15-7-5-9-17(11-15)13-22-19(24)21(3,4)20(25)23-14-18-10-6-8-16(2)12-18/h5-12H,13-14H2,1-4H3,(H,22,24)(H,23,25). The first kappa shape index (κ1) is 18.7. The lowest BCUT2D eigenvalue weighted by Crippen LogP contribution is -2.47. The van der Waals surface area contributed by atoms with E-state index >= 15 is 0 Å². The Bertz CT molecular complexity index is 702. The largest absolute Gasteiger partial charge is 0.351 e. The molecule has 0 heterocycles. The second-order valence-corrected chi connectivity index (χ2v) is 6.97. The number of nitrogens with one attached hydrogen (secondary N) is 2. The highest BCUT2D eigenvalue weighted by Gasteiger charge is 2.35. The van der Waals surface area contributed by atoms with Crippen molar-refractivity contribution in [3.05, 3.63) is 70.8 Å². The van der Waals surface area contributed by atoms with Crippen LogP contribution in [-0.2, 0) is 22.7 Å². The first-order valence-electron chi connectivity index (χ1n) is 8.47. The van der Waals surface area contributed by atoms with Gasteiger partial charge in [0.2, 0.25) is 11.8 Å². The van der Waals surface area contributed by atoms with Crippen molar-refractivity contribution < 1.29 is 9.59 Å². The molecule has 0 unspecified atom stereocenters. The van der Waals surface area contributed by atoms with E-state index in [1.165, 1.54) is 0 Å². The quantitative estimate of drug-likeness (QED) is 0.794. The molecule has 0 aliphatic rings. The van der Waals surface area contributed by atoms with E-state index in [9.17, 15) is 9.59 Å². The summed E-state index contributed by atoms with van der Waals surface area (Å²) in [4.78, 5) is 24.9. The molecule has 25 heavy (non-hydrogen) atoms. The number of benzene rings is 2. The second kappa shape index (κ2) is 7.97. The maximum Gasteiger partial charge on any atom is 0.235 e. The fourth-order valence-corrected chi connectivity index (χ4v) is 2.55. The number of rotatable bonds is 6. The van der Waals surface area contributed by atoms with E-state index < -0.39 is 5.41 Å². The molecule has 4 heteroatoms. The van der Waals surface area contributed by atoms with Gasteiger partial charge in [-0.3, -0.25) is 9.59 Å². The molecule has 0 fully saturated rings. The highest BCUT2D eigenvalue weighted by molar-refractivity contribution is 6.04. The lowest BCUT2D eigenvalue weighted by atomic mass is 9.90. The van der Waals surface area contributed by atoms with Crippen LogP contribution in [0, 0.1) is 19.3 Å². The Labute approximate surface area is 149 Å². The molecule has 0 saturated heterocycles. The summed E-state index contributed by atoms with van der Waals surface area (Å²) in [5.41, 5.74) is 3.19. The van der Waals surface area contributed by atoms with Gasteiger partial charge in [0, 0.05) is 13.1 Å². The van der Waals surface area contributed by atoms with Crippen LogP contribution in [0.3, 0.4) is 0 Å². The maximum absolute atomic E-state index is 12.5. The molecule has 2 amide bonds. The van der Waals surface area contributed by atoms with Crippen LogP contribution in [0.15, 0.2) is 48.5 Å². The summed E-state index contributed by atoms with van der Waals surface area (Å²) in [5, 5.41) is 5.71. The summed E-state index contributed by atoms with van der Waals surface area (Å²) in [5.74, 6) is -0.563. The number of hydrogen-bond acceptors (Lipinski definition) is 2. The summed E-state index contributed by atoms with van der Waals surface area (Å²) >= 11 is 0. The second-order valence-electron chi connectivity index (χ2n) is 6.97. The van der Waals surface area contributed by atoms with Gasteiger partial charge in [-0.15, -0.1) is 0 Å². The van der Waals surface area contributed by atoms with Gasteiger partial charge in [0.1, 0.15) is 5.41 Å². The summed E-state index contributed by atoms with van der Waals surface area (Å²) in [6.45, 7) is 8.13. The van der Waals surface area contributed by atoms with Crippen molar-refractivity contribution in [3.8, 4) is 0 Å². The van der Waals surface area contributed by atoms with Crippen molar-refractivity contribution in [1.29, 1.82) is 0 Å². The number of hydrogen-bond donors (Lipinski definition) is 2. The predicted molar refractivity (Wildman–Crippen MR) is 99.8 cm³/mol. The Morgan fingerprint density at radius 1 is 0.800 bits per heavy atom. The van der Waals surface area contributed by atoms with Crippen LogP contribution in [0.1, 0.15) is 36.1 Å². The monoisotopic (exact) mass is 338 g/mol. The zero-order valence-corrected chi connectivity index (χ0v) is 15.3. The molecule has 0 radical (unpaired) electrons. The van der Waals surface area contributed by atoms with Crippen molar-refractivity contribution in [2.75, 3.05) is 0 Å². The van der Waals surface area contributed by atoms with Gasteiger partial charge >= 0.3 is 0 Å². The first-order valence-corrected chi connectivity index (χ1v) is 8.47. The molecular formula is C21H26N2O2. The van der Waals surface area contributed by atoms with Crippen molar-refractivity contribution in [3.63, 3.8) is 0 Å². The molecule has 4 nitrogen and oxygen atoms in total. The van der Waals surface area contributed by atoms with Gasteiger partial charge in [0.15, 0.2) is 0 Å². The molecular weight excluding hydrogens is 312 g/mol. The smallest absolute Gasteiger partial charge is 0.235 e. The van der Waals surface area contributed by atoms with E-state index in [4.69, 9.17) is 0 Å². The first-order chi connectivity index (χ1) is 11.8. The minimum Gasteiger partial charge on any atom is -0.351 e. The Kier molecular flexibility index (Phi) is 5.97. The molecule has 132 valence electrons. The SMILES string of the molecule is Cc1cccc(CNC(=O)C(C)(C)C(=O)NCc2cccc(C)c2)c1. The van der Waals surface area contributed by atoms with Gasteiger partial charge in [0.25, 0.3) is 0 Å². The Balaban J connectivity index is 1.91. The summed E-state index contributed by atoms with van der Waals surface area (Å²) in [6, 6.07) is 15.9. The van der Waals surface area contributed by atoms with Crippen LogP contribution in [-0.4, -0.2) is 11.8 Å². The van der Waals surface area contributed by atoms with Crippen molar-refractivity contribution >= 4 is 11.8 Å². The van der Waals surface area contributed by atoms with Crippen LogP contribution in [0.5, 0.6) is 0 Å². The zero-order chi connectivity index (χ0) is 18.4. The zero-order valence-electron chi connectivity index (χ0n) is 15.3. The van der Waals surface area contributed by atoms with Gasteiger partial charge < -0.3 is 10.6 Å². The van der Waals surface area contributed by atoms with E-state index in [1.807, 2.05) is 62.4 Å². The molecule has 0 aromatic heterocycles. The minimum atomic E-state index is -1.13. The number of carbonyl (C=O) groups excluding carboxylic acids is 2. The Morgan fingerprint density at radius 2 is 1.20 bits per heavy atom. The maximum atomic E-state index is 12.5. The number of amides is 2. The minimum absolute atomic E-state index is 0.282. The molecule has 0 spiro atoms. The molecule has 0 aliphatic carbocycles. The van der Waals surface area contributed by atoms with Gasteiger partial charge in [-0.05, 0) is 38.8 Å². The third-order valence-electron chi connectivity index (χ3n) is 4.21. The van der Waals surface area contributed by atoms with Crippen LogP contribution in [0.2, 0.25) is 0 Å². The van der Waals surface area contributed by atoms with Crippen molar-refractivity contribution in [1.82, 2.24) is 10.6 Å². The van der Waals surface area contributed by atoms with E-state index in [1.54, 1.807) is 13.8 Å². The lowest BCUT2D eigenvalue weighted by Gasteiger charge is -2.23. The normalized spacial score (nSPS) is 11.0. The molecule has 0 aliphatic heterocycles. The van der Waals surface area contributed by atoms with Gasteiger partial charge in [-0.25, -0.2) is 0 Å². The van der Waals surface area contributed by atoms with Crippen LogP contribution in [0.25, 0.3) is 0 Å².